The summed E-state index contributed by atoms with van der Waals surface area (Å²) in [7, 11) is 0. The van der Waals surface area contributed by atoms with Crippen molar-refractivity contribution in [1.82, 2.24) is 14.7 Å². The molecular weight excluding hydrogens is 366 g/mol. The standard InChI is InChI=1S/C23H37N3O3/c27-22(18-24-8-3-1-2-4-9-24)19-29-23-7-5-6-20(14-23)15-25-16-21(17-25)26-10-12-28-13-11-26/h5-7,14,21-22,27H,1-4,8-13,15-19H2. The molecule has 0 spiro atoms. The van der Waals surface area contributed by atoms with E-state index in [1.807, 2.05) is 6.07 Å². The van der Waals surface area contributed by atoms with Gasteiger partial charge in [0.2, 0.25) is 0 Å². The Morgan fingerprint density at radius 3 is 2.52 bits per heavy atom. The lowest BCUT2D eigenvalue weighted by atomic mass is 10.0. The van der Waals surface area contributed by atoms with E-state index in [0.29, 0.717) is 12.6 Å². The number of hydrogen-bond acceptors (Lipinski definition) is 6. The molecule has 0 aliphatic carbocycles. The molecule has 3 fully saturated rings. The van der Waals surface area contributed by atoms with Crippen molar-refractivity contribution < 1.29 is 14.6 Å². The van der Waals surface area contributed by atoms with Gasteiger partial charge < -0.3 is 19.5 Å². The molecule has 0 saturated carbocycles. The maximum atomic E-state index is 10.4. The predicted molar refractivity (Wildman–Crippen MR) is 114 cm³/mol. The molecule has 1 aromatic carbocycles. The highest BCUT2D eigenvalue weighted by Gasteiger charge is 2.32. The minimum absolute atomic E-state index is 0.364. The van der Waals surface area contributed by atoms with Crippen LogP contribution in [0, 0.1) is 0 Å². The molecule has 3 aliphatic heterocycles. The van der Waals surface area contributed by atoms with Crippen LogP contribution in [-0.4, -0.2) is 97.6 Å². The Morgan fingerprint density at radius 1 is 1.00 bits per heavy atom. The number of rotatable bonds is 8. The molecule has 162 valence electrons. The maximum Gasteiger partial charge on any atom is 0.119 e. The fraction of sp³-hybridized carbons (Fsp3) is 0.739. The fourth-order valence-corrected chi connectivity index (χ4v) is 4.70. The van der Waals surface area contributed by atoms with Crippen LogP contribution in [0.25, 0.3) is 0 Å². The highest BCUT2D eigenvalue weighted by atomic mass is 16.5. The largest absolute Gasteiger partial charge is 0.491 e. The Kier molecular flexibility index (Phi) is 7.80. The van der Waals surface area contributed by atoms with Crippen molar-refractivity contribution in [3.8, 4) is 5.75 Å². The molecule has 29 heavy (non-hydrogen) atoms. The smallest absolute Gasteiger partial charge is 0.119 e. The van der Waals surface area contributed by atoms with Crippen molar-refractivity contribution in [3.63, 3.8) is 0 Å². The average molecular weight is 404 g/mol. The van der Waals surface area contributed by atoms with Gasteiger partial charge in [0.1, 0.15) is 18.5 Å². The highest BCUT2D eigenvalue weighted by Crippen LogP contribution is 2.21. The first-order chi connectivity index (χ1) is 14.3. The van der Waals surface area contributed by atoms with Gasteiger partial charge in [-0.1, -0.05) is 25.0 Å². The molecule has 0 amide bonds. The van der Waals surface area contributed by atoms with E-state index in [-0.39, 0.29) is 0 Å². The second-order valence-electron chi connectivity index (χ2n) is 8.82. The Morgan fingerprint density at radius 2 is 1.76 bits per heavy atom. The van der Waals surface area contributed by atoms with Crippen LogP contribution in [0.4, 0.5) is 0 Å². The van der Waals surface area contributed by atoms with Crippen LogP contribution in [0.2, 0.25) is 0 Å². The van der Waals surface area contributed by atoms with Gasteiger partial charge in [-0.05, 0) is 43.6 Å². The summed E-state index contributed by atoms with van der Waals surface area (Å²) in [6.07, 6.45) is 4.71. The topological polar surface area (TPSA) is 48.4 Å². The normalized spacial score (nSPS) is 24.0. The molecule has 1 N–H and O–H groups in total. The lowest BCUT2D eigenvalue weighted by Gasteiger charge is -2.46. The summed E-state index contributed by atoms with van der Waals surface area (Å²) in [5.41, 5.74) is 1.28. The first kappa shape index (κ1) is 21.1. The molecule has 0 radical (unpaired) electrons. The number of benzene rings is 1. The Balaban J connectivity index is 1.18. The van der Waals surface area contributed by atoms with Crippen LogP contribution < -0.4 is 4.74 Å². The van der Waals surface area contributed by atoms with Crippen molar-refractivity contribution in [2.75, 3.05) is 65.6 Å². The Hall–Kier alpha value is -1.18. The SMILES string of the molecule is OC(COc1cccc(CN2CC(N3CCOCC3)C2)c1)CN1CCCCCC1. The number of hydrogen-bond donors (Lipinski definition) is 1. The molecule has 3 aliphatic rings. The summed E-state index contributed by atoms with van der Waals surface area (Å²) in [5.74, 6) is 0.864. The summed E-state index contributed by atoms with van der Waals surface area (Å²) in [5, 5.41) is 10.4. The van der Waals surface area contributed by atoms with Crippen molar-refractivity contribution in [2.24, 2.45) is 0 Å². The molecule has 6 nitrogen and oxygen atoms in total. The monoisotopic (exact) mass is 403 g/mol. The van der Waals surface area contributed by atoms with Crippen molar-refractivity contribution in [3.05, 3.63) is 29.8 Å². The van der Waals surface area contributed by atoms with E-state index in [1.165, 1.54) is 31.2 Å². The minimum Gasteiger partial charge on any atom is -0.491 e. The molecular formula is C23H37N3O3. The molecule has 1 atom stereocenters. The third kappa shape index (κ3) is 6.40. The van der Waals surface area contributed by atoms with E-state index in [4.69, 9.17) is 9.47 Å². The van der Waals surface area contributed by atoms with Gasteiger partial charge in [-0.3, -0.25) is 9.80 Å². The fourth-order valence-electron chi connectivity index (χ4n) is 4.70. The number of ether oxygens (including phenoxy) is 2. The zero-order valence-electron chi connectivity index (χ0n) is 17.7. The molecule has 3 saturated heterocycles. The molecule has 0 aromatic heterocycles. The number of morpholine rings is 1. The maximum absolute atomic E-state index is 10.4. The Labute approximate surface area is 175 Å². The van der Waals surface area contributed by atoms with Gasteiger partial charge in [0.05, 0.1) is 13.2 Å². The molecule has 4 rings (SSSR count). The van der Waals surface area contributed by atoms with Gasteiger partial charge in [-0.15, -0.1) is 0 Å². The van der Waals surface area contributed by atoms with E-state index in [9.17, 15) is 5.11 Å². The van der Waals surface area contributed by atoms with Crippen molar-refractivity contribution in [1.29, 1.82) is 0 Å². The van der Waals surface area contributed by atoms with Crippen molar-refractivity contribution in [2.45, 2.75) is 44.4 Å². The zero-order valence-corrected chi connectivity index (χ0v) is 17.7. The third-order valence-corrected chi connectivity index (χ3v) is 6.41. The Bertz CT molecular complexity index is 609. The van der Waals surface area contributed by atoms with Gasteiger partial charge in [-0.25, -0.2) is 0 Å². The van der Waals surface area contributed by atoms with Gasteiger partial charge in [0, 0.05) is 45.3 Å². The first-order valence-corrected chi connectivity index (χ1v) is 11.4. The lowest BCUT2D eigenvalue weighted by Crippen LogP contribution is -2.60. The molecule has 1 unspecified atom stereocenters. The van der Waals surface area contributed by atoms with E-state index < -0.39 is 6.10 Å². The molecule has 1 aromatic rings. The molecule has 3 heterocycles. The minimum atomic E-state index is -0.429. The number of likely N-dealkylation sites (tertiary alicyclic amines) is 2. The van der Waals surface area contributed by atoms with Crippen LogP contribution in [-0.2, 0) is 11.3 Å². The average Bonchev–Trinajstić information content (AvgIpc) is 2.98. The summed E-state index contributed by atoms with van der Waals surface area (Å²) < 4.78 is 11.4. The molecule has 6 heteroatoms. The van der Waals surface area contributed by atoms with Crippen LogP contribution in [0.3, 0.4) is 0 Å². The summed E-state index contributed by atoms with van der Waals surface area (Å²) in [4.78, 5) is 7.44. The highest BCUT2D eigenvalue weighted by molar-refractivity contribution is 5.28. The quantitative estimate of drug-likeness (QED) is 0.715. The summed E-state index contributed by atoms with van der Waals surface area (Å²) >= 11 is 0. The predicted octanol–water partition coefficient (Wildman–Crippen LogP) is 1.82. The van der Waals surface area contributed by atoms with E-state index >= 15 is 0 Å². The first-order valence-electron chi connectivity index (χ1n) is 11.4. The van der Waals surface area contributed by atoms with Crippen molar-refractivity contribution >= 4 is 0 Å². The summed E-state index contributed by atoms with van der Waals surface area (Å²) in [6.45, 7) is 10.4. The van der Waals surface area contributed by atoms with Gasteiger partial charge in [0.25, 0.3) is 0 Å². The second-order valence-corrected chi connectivity index (χ2v) is 8.82. The van der Waals surface area contributed by atoms with E-state index in [0.717, 1.165) is 71.3 Å². The van der Waals surface area contributed by atoms with Crippen LogP contribution in [0.5, 0.6) is 5.75 Å². The summed E-state index contributed by atoms with van der Waals surface area (Å²) in [6, 6.07) is 9.04. The van der Waals surface area contributed by atoms with Gasteiger partial charge in [0.15, 0.2) is 0 Å². The van der Waals surface area contributed by atoms with Crippen LogP contribution in [0.15, 0.2) is 24.3 Å². The number of aliphatic hydroxyl groups excluding tert-OH is 1. The van der Waals surface area contributed by atoms with Gasteiger partial charge in [-0.2, -0.15) is 0 Å². The lowest BCUT2D eigenvalue weighted by molar-refractivity contribution is -0.0344. The van der Waals surface area contributed by atoms with Crippen LogP contribution in [0.1, 0.15) is 31.2 Å². The zero-order chi connectivity index (χ0) is 19.9. The van der Waals surface area contributed by atoms with E-state index in [1.54, 1.807) is 0 Å². The van der Waals surface area contributed by atoms with Crippen LogP contribution >= 0.6 is 0 Å². The third-order valence-electron chi connectivity index (χ3n) is 6.41. The van der Waals surface area contributed by atoms with Gasteiger partial charge >= 0.3 is 0 Å². The molecule has 0 bridgehead atoms. The van der Waals surface area contributed by atoms with E-state index in [2.05, 4.69) is 32.9 Å². The number of nitrogens with zero attached hydrogens (tertiary/aromatic N) is 3. The second kappa shape index (κ2) is 10.7. The number of aliphatic hydroxyl groups is 1. The number of β-amino-alcohol motifs (C(OH)–C–C–N with tert-alkyl or cyclic N) is 1.